The topological polar surface area (TPSA) is 54.3 Å². The van der Waals surface area contributed by atoms with E-state index >= 15 is 0 Å². The van der Waals surface area contributed by atoms with Crippen LogP contribution in [0, 0.1) is 5.92 Å². The summed E-state index contributed by atoms with van der Waals surface area (Å²) >= 11 is 0. The van der Waals surface area contributed by atoms with E-state index in [0.717, 1.165) is 25.8 Å². The summed E-state index contributed by atoms with van der Waals surface area (Å²) in [6.07, 6.45) is 6.37. The minimum atomic E-state index is -0.182. The van der Waals surface area contributed by atoms with Crippen LogP contribution >= 0.6 is 0 Å². The predicted octanol–water partition coefficient (Wildman–Crippen LogP) is 2.82. The Labute approximate surface area is 137 Å². The Morgan fingerprint density at radius 1 is 1.26 bits per heavy atom. The number of nitrogens with zero attached hydrogens (tertiary/aromatic N) is 1. The van der Waals surface area contributed by atoms with Gasteiger partial charge in [0.15, 0.2) is 0 Å². The van der Waals surface area contributed by atoms with Crippen LogP contribution in [0.2, 0.25) is 0 Å². The highest BCUT2D eigenvalue weighted by atomic mass is 16.3. The molecule has 1 aliphatic rings. The van der Waals surface area contributed by atoms with Gasteiger partial charge in [0.1, 0.15) is 0 Å². The van der Waals surface area contributed by atoms with Crippen LogP contribution < -0.4 is 5.32 Å². The summed E-state index contributed by atoms with van der Waals surface area (Å²) in [5.74, 6) is 0.387. The minimum Gasteiger partial charge on any atom is -0.393 e. The lowest BCUT2D eigenvalue weighted by Crippen LogP contribution is -2.46. The zero-order valence-corrected chi connectivity index (χ0v) is 13.5. The number of aromatic nitrogens is 1. The molecule has 2 aromatic rings. The van der Waals surface area contributed by atoms with Crippen molar-refractivity contribution in [3.8, 4) is 0 Å². The molecule has 0 radical (unpaired) electrons. The molecule has 1 heterocycles. The first kappa shape index (κ1) is 15.8. The Balaban J connectivity index is 1.58. The highest BCUT2D eigenvalue weighted by Gasteiger charge is 2.33. The fourth-order valence-electron chi connectivity index (χ4n) is 3.21. The first-order chi connectivity index (χ1) is 11.2. The van der Waals surface area contributed by atoms with Crippen LogP contribution in [0.1, 0.15) is 42.1 Å². The molecule has 0 aliphatic heterocycles. The van der Waals surface area contributed by atoms with E-state index in [1.807, 2.05) is 48.8 Å². The Morgan fingerprint density at radius 3 is 2.48 bits per heavy atom. The second-order valence-corrected chi connectivity index (χ2v) is 6.43. The molecule has 1 aliphatic carbocycles. The normalized spacial score (nSPS) is 21.5. The molecule has 4 heteroatoms. The van der Waals surface area contributed by atoms with Crippen molar-refractivity contribution in [2.75, 3.05) is 0 Å². The molecular weight excluding hydrogens is 288 g/mol. The molecule has 2 N–H and O–H groups in total. The summed E-state index contributed by atoms with van der Waals surface area (Å²) in [5, 5.41) is 12.6. The molecule has 1 aromatic carbocycles. The lowest BCUT2D eigenvalue weighted by Gasteiger charge is -2.37. The largest absolute Gasteiger partial charge is 0.393 e. The smallest absolute Gasteiger partial charge is 0.251 e. The van der Waals surface area contributed by atoms with Crippen LogP contribution in [-0.4, -0.2) is 27.7 Å². The molecule has 1 amide bonds. The third-order valence-corrected chi connectivity index (χ3v) is 4.72. The number of rotatable bonds is 6. The van der Waals surface area contributed by atoms with E-state index in [9.17, 15) is 9.90 Å². The lowest BCUT2D eigenvalue weighted by molar-refractivity contribution is 0.0232. The van der Waals surface area contributed by atoms with Crippen molar-refractivity contribution >= 4 is 5.91 Å². The van der Waals surface area contributed by atoms with Crippen molar-refractivity contribution in [1.29, 1.82) is 0 Å². The quantitative estimate of drug-likeness (QED) is 0.862. The van der Waals surface area contributed by atoms with E-state index in [1.54, 1.807) is 0 Å². The van der Waals surface area contributed by atoms with E-state index in [-0.39, 0.29) is 18.1 Å². The number of aliphatic hydroxyl groups is 1. The van der Waals surface area contributed by atoms with Gasteiger partial charge in [-0.05, 0) is 55.0 Å². The van der Waals surface area contributed by atoms with E-state index < -0.39 is 0 Å². The summed E-state index contributed by atoms with van der Waals surface area (Å²) < 4.78 is 2.10. The van der Waals surface area contributed by atoms with Gasteiger partial charge in [0.05, 0.1) is 6.10 Å². The molecule has 0 bridgehead atoms. The molecule has 3 rings (SSSR count). The van der Waals surface area contributed by atoms with Crippen molar-refractivity contribution in [2.45, 2.75) is 44.9 Å². The molecule has 0 saturated heterocycles. The maximum atomic E-state index is 12.4. The molecule has 23 heavy (non-hydrogen) atoms. The van der Waals surface area contributed by atoms with Crippen LogP contribution in [0.25, 0.3) is 0 Å². The summed E-state index contributed by atoms with van der Waals surface area (Å²) in [6.45, 7) is 2.89. The zero-order chi connectivity index (χ0) is 16.2. The van der Waals surface area contributed by atoms with Crippen molar-refractivity contribution in [2.24, 2.45) is 5.92 Å². The Bertz CT molecular complexity index is 628. The third-order valence-electron chi connectivity index (χ3n) is 4.72. The molecule has 0 unspecified atom stereocenters. The molecule has 1 fully saturated rings. The Kier molecular flexibility index (Phi) is 4.82. The van der Waals surface area contributed by atoms with Gasteiger partial charge in [0.25, 0.3) is 5.91 Å². The van der Waals surface area contributed by atoms with Gasteiger partial charge in [-0.1, -0.05) is 19.1 Å². The van der Waals surface area contributed by atoms with Crippen molar-refractivity contribution in [3.05, 3.63) is 59.9 Å². The predicted molar refractivity (Wildman–Crippen MR) is 90.3 cm³/mol. The second kappa shape index (κ2) is 7.01. The van der Waals surface area contributed by atoms with Gasteiger partial charge < -0.3 is 15.0 Å². The van der Waals surface area contributed by atoms with Gasteiger partial charge in [0.2, 0.25) is 0 Å². The summed E-state index contributed by atoms with van der Waals surface area (Å²) in [4.78, 5) is 12.4. The summed E-state index contributed by atoms with van der Waals surface area (Å²) in [7, 11) is 0. The maximum absolute atomic E-state index is 12.4. The average molecular weight is 312 g/mol. The average Bonchev–Trinajstić information content (AvgIpc) is 3.03. The summed E-state index contributed by atoms with van der Waals surface area (Å²) in [5.41, 5.74) is 1.87. The Hall–Kier alpha value is -2.07. The van der Waals surface area contributed by atoms with E-state index in [0.29, 0.717) is 11.5 Å². The zero-order valence-electron chi connectivity index (χ0n) is 13.5. The second-order valence-electron chi connectivity index (χ2n) is 6.43. The monoisotopic (exact) mass is 312 g/mol. The van der Waals surface area contributed by atoms with Crippen LogP contribution in [0.15, 0.2) is 48.8 Å². The summed E-state index contributed by atoms with van der Waals surface area (Å²) in [6, 6.07) is 11.9. The fraction of sp³-hybridized carbons (Fsp3) is 0.421. The van der Waals surface area contributed by atoms with Crippen molar-refractivity contribution in [1.82, 2.24) is 9.88 Å². The maximum Gasteiger partial charge on any atom is 0.251 e. The SMILES string of the molecule is CC[C@H](NC(=O)c1ccc(Cn2cccc2)cc1)C1CC(O)C1. The van der Waals surface area contributed by atoms with E-state index in [1.165, 1.54) is 5.56 Å². The van der Waals surface area contributed by atoms with E-state index in [2.05, 4.69) is 16.8 Å². The number of hydrogen-bond acceptors (Lipinski definition) is 2. The van der Waals surface area contributed by atoms with Gasteiger partial charge in [-0.25, -0.2) is 0 Å². The first-order valence-electron chi connectivity index (χ1n) is 8.34. The fourth-order valence-corrected chi connectivity index (χ4v) is 3.21. The number of benzene rings is 1. The number of nitrogens with one attached hydrogen (secondary N) is 1. The lowest BCUT2D eigenvalue weighted by atomic mass is 9.76. The molecule has 122 valence electrons. The van der Waals surface area contributed by atoms with E-state index in [4.69, 9.17) is 0 Å². The third kappa shape index (κ3) is 3.82. The molecule has 1 saturated carbocycles. The molecule has 1 aromatic heterocycles. The van der Waals surface area contributed by atoms with Gasteiger partial charge in [-0.2, -0.15) is 0 Å². The number of amides is 1. The van der Waals surface area contributed by atoms with Gasteiger partial charge in [0, 0.05) is 30.5 Å². The van der Waals surface area contributed by atoms with Crippen LogP contribution in [-0.2, 0) is 6.54 Å². The molecular formula is C19H24N2O2. The highest BCUT2D eigenvalue weighted by molar-refractivity contribution is 5.94. The van der Waals surface area contributed by atoms with Crippen LogP contribution in [0.3, 0.4) is 0 Å². The number of aliphatic hydroxyl groups excluding tert-OH is 1. The van der Waals surface area contributed by atoms with Gasteiger partial charge >= 0.3 is 0 Å². The first-order valence-corrected chi connectivity index (χ1v) is 8.34. The van der Waals surface area contributed by atoms with Gasteiger partial charge in [-0.3, -0.25) is 4.79 Å². The standard InChI is InChI=1S/C19H24N2O2/c1-2-18(16-11-17(22)12-16)20-19(23)15-7-5-14(6-8-15)13-21-9-3-4-10-21/h3-10,16-18,22H,2,11-13H2,1H3,(H,20,23)/t16?,17?,18-/m0/s1. The number of hydrogen-bond donors (Lipinski definition) is 2. The molecule has 4 nitrogen and oxygen atoms in total. The molecule has 1 atom stereocenters. The molecule has 0 spiro atoms. The Morgan fingerprint density at radius 2 is 1.91 bits per heavy atom. The highest BCUT2D eigenvalue weighted by Crippen LogP contribution is 2.31. The number of carbonyl (C=O) groups is 1. The van der Waals surface area contributed by atoms with Crippen LogP contribution in [0.5, 0.6) is 0 Å². The minimum absolute atomic E-state index is 0.0225. The van der Waals surface area contributed by atoms with Crippen molar-refractivity contribution in [3.63, 3.8) is 0 Å². The number of carbonyl (C=O) groups excluding carboxylic acids is 1. The van der Waals surface area contributed by atoms with Crippen molar-refractivity contribution < 1.29 is 9.90 Å². The van der Waals surface area contributed by atoms with Crippen LogP contribution in [0.4, 0.5) is 0 Å². The van der Waals surface area contributed by atoms with Gasteiger partial charge in [-0.15, -0.1) is 0 Å².